The van der Waals surface area contributed by atoms with Crippen LogP contribution < -0.4 is 16.5 Å². The molecule has 3 aromatic carbocycles. The summed E-state index contributed by atoms with van der Waals surface area (Å²) in [5.41, 5.74) is 3.58. The van der Waals surface area contributed by atoms with Crippen molar-refractivity contribution >= 4 is 29.6 Å². The molecular weight excluding hydrogens is 380 g/mol. The molecule has 5 N–H and O–H groups in total. The highest BCUT2D eigenvalue weighted by Crippen LogP contribution is 2.29. The first kappa shape index (κ1) is 20.6. The molecule has 7 nitrogen and oxygen atoms in total. The number of carbonyl (C=O) groups is 2. The number of hydrogen-bond acceptors (Lipinski definition) is 4. The van der Waals surface area contributed by atoms with Crippen LogP contribution in [0.15, 0.2) is 84.0 Å². The molecule has 0 aliphatic rings. The molecule has 152 valence electrons. The number of nitrogens with zero attached hydrogens (tertiary/aromatic N) is 1. The normalized spacial score (nSPS) is 11.7. The van der Waals surface area contributed by atoms with E-state index in [2.05, 4.69) is 15.7 Å². The van der Waals surface area contributed by atoms with Gasteiger partial charge in [0.1, 0.15) is 6.34 Å². The van der Waals surface area contributed by atoms with Gasteiger partial charge in [0.2, 0.25) is 0 Å². The standard InChI is InChI=1S/C23H22N4O3/c24-26-15-25-20-8-4-7-18(13-20)23(30)27-19-11-9-17(10-12-19)21(14-22(28)29)16-5-2-1-3-6-16/h1-13,15,21H,14,24H2,(H,25,26)(H,27,30)(H,28,29). The molecule has 0 bridgehead atoms. The van der Waals surface area contributed by atoms with E-state index in [1.54, 1.807) is 36.4 Å². The monoisotopic (exact) mass is 402 g/mol. The maximum absolute atomic E-state index is 12.6. The summed E-state index contributed by atoms with van der Waals surface area (Å²) in [4.78, 5) is 23.9. The van der Waals surface area contributed by atoms with Gasteiger partial charge in [-0.3, -0.25) is 9.59 Å². The van der Waals surface area contributed by atoms with Crippen LogP contribution >= 0.6 is 0 Å². The Morgan fingerprint density at radius 3 is 2.30 bits per heavy atom. The Morgan fingerprint density at radius 1 is 0.933 bits per heavy atom. The van der Waals surface area contributed by atoms with E-state index in [0.717, 1.165) is 11.1 Å². The minimum atomic E-state index is -0.866. The number of aliphatic carboxylic acids is 1. The number of carbonyl (C=O) groups excluding carboxylic acids is 1. The zero-order chi connectivity index (χ0) is 21.3. The van der Waals surface area contributed by atoms with Gasteiger partial charge >= 0.3 is 5.97 Å². The van der Waals surface area contributed by atoms with E-state index in [1.807, 2.05) is 42.5 Å². The van der Waals surface area contributed by atoms with Gasteiger partial charge in [-0.05, 0) is 41.5 Å². The lowest BCUT2D eigenvalue weighted by atomic mass is 9.88. The molecule has 1 atom stereocenters. The molecule has 0 aliphatic carbocycles. The fraction of sp³-hybridized carbons (Fsp3) is 0.0870. The Bertz CT molecular complexity index is 1030. The van der Waals surface area contributed by atoms with Crippen molar-refractivity contribution in [2.24, 2.45) is 10.9 Å². The molecule has 0 spiro atoms. The minimum absolute atomic E-state index is 0.0123. The molecule has 1 unspecified atom stereocenters. The number of carboxylic acids is 1. The van der Waals surface area contributed by atoms with Crippen molar-refractivity contribution in [3.8, 4) is 0 Å². The van der Waals surface area contributed by atoms with Gasteiger partial charge in [0.25, 0.3) is 5.91 Å². The molecule has 3 aromatic rings. The summed E-state index contributed by atoms with van der Waals surface area (Å²) in [6, 6.07) is 23.7. The second-order valence-electron chi connectivity index (χ2n) is 6.64. The molecule has 3 rings (SSSR count). The van der Waals surface area contributed by atoms with Crippen molar-refractivity contribution in [2.45, 2.75) is 12.3 Å². The summed E-state index contributed by atoms with van der Waals surface area (Å²) in [5, 5.41) is 18.4. The van der Waals surface area contributed by atoms with Gasteiger partial charge in [0.15, 0.2) is 0 Å². The predicted molar refractivity (Wildman–Crippen MR) is 118 cm³/mol. The second-order valence-corrected chi connectivity index (χ2v) is 6.64. The summed E-state index contributed by atoms with van der Waals surface area (Å²) in [6.07, 6.45) is 1.32. The summed E-state index contributed by atoms with van der Waals surface area (Å²) in [5.74, 6) is 3.68. The van der Waals surface area contributed by atoms with Gasteiger partial charge in [-0.25, -0.2) is 0 Å². The van der Waals surface area contributed by atoms with Crippen molar-refractivity contribution < 1.29 is 14.7 Å². The lowest BCUT2D eigenvalue weighted by molar-refractivity contribution is -0.137. The number of carboxylic acid groups (broad SMARTS) is 1. The highest BCUT2D eigenvalue weighted by Gasteiger charge is 2.18. The number of nitrogens with one attached hydrogen (secondary N) is 2. The third-order valence-corrected chi connectivity index (χ3v) is 4.58. The maximum Gasteiger partial charge on any atom is 0.304 e. The van der Waals surface area contributed by atoms with Gasteiger partial charge in [-0.15, -0.1) is 0 Å². The highest BCUT2D eigenvalue weighted by molar-refractivity contribution is 6.05. The highest BCUT2D eigenvalue weighted by atomic mass is 16.4. The summed E-state index contributed by atoms with van der Waals surface area (Å²) < 4.78 is 0. The van der Waals surface area contributed by atoms with Crippen LogP contribution in [-0.2, 0) is 4.79 Å². The molecule has 0 saturated heterocycles. The van der Waals surface area contributed by atoms with E-state index in [-0.39, 0.29) is 18.2 Å². The Kier molecular flexibility index (Phi) is 6.78. The van der Waals surface area contributed by atoms with Crippen molar-refractivity contribution in [3.63, 3.8) is 0 Å². The van der Waals surface area contributed by atoms with Crippen LogP contribution in [0.5, 0.6) is 0 Å². The van der Waals surface area contributed by atoms with E-state index in [4.69, 9.17) is 5.84 Å². The molecule has 0 aliphatic heterocycles. The van der Waals surface area contributed by atoms with Gasteiger partial charge in [-0.2, -0.15) is 5.10 Å². The molecule has 7 heteroatoms. The quantitative estimate of drug-likeness (QED) is 0.198. The summed E-state index contributed by atoms with van der Waals surface area (Å²) in [6.45, 7) is 0. The van der Waals surface area contributed by atoms with Crippen LogP contribution in [0.25, 0.3) is 0 Å². The number of rotatable bonds is 8. The average Bonchev–Trinajstić information content (AvgIpc) is 2.77. The van der Waals surface area contributed by atoms with Crippen LogP contribution in [-0.4, -0.2) is 23.3 Å². The molecule has 30 heavy (non-hydrogen) atoms. The van der Waals surface area contributed by atoms with Crippen LogP contribution in [0.3, 0.4) is 0 Å². The van der Waals surface area contributed by atoms with Gasteiger partial charge in [0.05, 0.1) is 6.42 Å². The molecule has 0 fully saturated rings. The van der Waals surface area contributed by atoms with Crippen molar-refractivity contribution in [3.05, 3.63) is 95.6 Å². The number of amides is 1. The topological polar surface area (TPSA) is 117 Å². The fourth-order valence-electron chi connectivity index (χ4n) is 3.15. The van der Waals surface area contributed by atoms with E-state index in [0.29, 0.717) is 16.9 Å². The Balaban J connectivity index is 1.75. The molecular formula is C23H22N4O3. The summed E-state index contributed by atoms with van der Waals surface area (Å²) in [7, 11) is 0. The molecule has 0 saturated carbocycles. The van der Waals surface area contributed by atoms with Crippen molar-refractivity contribution in [2.75, 3.05) is 10.6 Å². The zero-order valence-corrected chi connectivity index (χ0v) is 16.2. The first-order chi connectivity index (χ1) is 14.6. The van der Waals surface area contributed by atoms with E-state index < -0.39 is 5.97 Å². The van der Waals surface area contributed by atoms with Crippen molar-refractivity contribution in [1.82, 2.24) is 0 Å². The van der Waals surface area contributed by atoms with Crippen LogP contribution in [0.4, 0.5) is 11.4 Å². The minimum Gasteiger partial charge on any atom is -0.481 e. The molecule has 0 heterocycles. The first-order valence-electron chi connectivity index (χ1n) is 9.33. The maximum atomic E-state index is 12.6. The third kappa shape index (κ3) is 5.45. The molecule has 0 aromatic heterocycles. The SMILES string of the molecule is NN=CNc1cccc(C(=O)Nc2ccc(C(CC(=O)O)c3ccccc3)cc2)c1. The van der Waals surface area contributed by atoms with Crippen LogP contribution in [0.1, 0.15) is 33.8 Å². The number of anilines is 2. The lowest BCUT2D eigenvalue weighted by Gasteiger charge is -2.16. The Hall–Kier alpha value is -4.13. The van der Waals surface area contributed by atoms with Crippen molar-refractivity contribution in [1.29, 1.82) is 0 Å². The van der Waals surface area contributed by atoms with Gasteiger partial charge in [-0.1, -0.05) is 48.5 Å². The largest absolute Gasteiger partial charge is 0.481 e. The van der Waals surface area contributed by atoms with E-state index >= 15 is 0 Å². The van der Waals surface area contributed by atoms with Gasteiger partial charge < -0.3 is 21.6 Å². The van der Waals surface area contributed by atoms with Crippen LogP contribution in [0, 0.1) is 0 Å². The molecule has 1 amide bonds. The summed E-state index contributed by atoms with van der Waals surface area (Å²) >= 11 is 0. The number of nitrogens with two attached hydrogens (primary N) is 1. The number of hydrogen-bond donors (Lipinski definition) is 4. The van der Waals surface area contributed by atoms with Gasteiger partial charge in [0, 0.05) is 22.9 Å². The average molecular weight is 402 g/mol. The van der Waals surface area contributed by atoms with E-state index in [9.17, 15) is 14.7 Å². The Labute approximate surface area is 174 Å². The smallest absolute Gasteiger partial charge is 0.304 e. The fourth-order valence-corrected chi connectivity index (χ4v) is 3.15. The second kappa shape index (κ2) is 9.88. The Morgan fingerprint density at radius 2 is 1.63 bits per heavy atom. The molecule has 0 radical (unpaired) electrons. The third-order valence-electron chi connectivity index (χ3n) is 4.58. The number of hydrazone groups is 1. The first-order valence-corrected chi connectivity index (χ1v) is 9.33. The van der Waals surface area contributed by atoms with Crippen LogP contribution in [0.2, 0.25) is 0 Å². The zero-order valence-electron chi connectivity index (χ0n) is 16.2. The lowest BCUT2D eigenvalue weighted by Crippen LogP contribution is -2.13. The predicted octanol–water partition coefficient (Wildman–Crippen LogP) is 3.86. The number of benzene rings is 3. The van der Waals surface area contributed by atoms with E-state index in [1.165, 1.54) is 6.34 Å².